The van der Waals surface area contributed by atoms with Gasteiger partial charge in [-0.15, -0.1) is 0 Å². The lowest BCUT2D eigenvalue weighted by atomic mass is 9.44. The quantitative estimate of drug-likeness (QED) is 0.404. The Hall–Kier alpha value is -1.85. The smallest absolute Gasteiger partial charge is 0.302 e. The molecule has 4 fully saturated rings. The van der Waals surface area contributed by atoms with Crippen LogP contribution in [0.2, 0.25) is 0 Å². The summed E-state index contributed by atoms with van der Waals surface area (Å²) in [6, 6.07) is 0. The lowest BCUT2D eigenvalue weighted by Gasteiger charge is -2.60. The summed E-state index contributed by atoms with van der Waals surface area (Å²) in [5.74, 6) is 3.49. The number of carbonyl (C=O) groups excluding carboxylic acids is 3. The second-order valence-electron chi connectivity index (χ2n) is 13.5. The molecule has 1 heterocycles. The predicted molar refractivity (Wildman–Crippen MR) is 139 cm³/mol. The highest BCUT2D eigenvalue weighted by Gasteiger charge is 2.67. The number of Topliss-reactive ketones (excluding diaryl/α,β-unsaturated/α-hetero) is 1. The minimum Gasteiger partial charge on any atom is -0.494 e. The Morgan fingerprint density at radius 2 is 1.84 bits per heavy atom. The fraction of sp³-hybridized carbons (Fsp3) is 0.839. The number of allylic oxidation sites excluding steroid dienone is 1. The molecule has 4 aliphatic carbocycles. The first-order valence-electron chi connectivity index (χ1n) is 14.6. The highest BCUT2D eigenvalue weighted by Crippen LogP contribution is 2.68. The molecule has 10 atom stereocenters. The van der Waals surface area contributed by atoms with Crippen molar-refractivity contribution in [1.29, 1.82) is 0 Å². The zero-order valence-electron chi connectivity index (χ0n) is 23.6. The molecule has 0 bridgehead atoms. The number of hydrogen-bond donors (Lipinski definition) is 0. The van der Waals surface area contributed by atoms with Crippen molar-refractivity contribution in [3.05, 3.63) is 11.3 Å². The van der Waals surface area contributed by atoms with Crippen molar-refractivity contribution in [2.45, 2.75) is 112 Å². The van der Waals surface area contributed by atoms with Crippen molar-refractivity contribution in [3.63, 3.8) is 0 Å². The molecule has 1 aliphatic heterocycles. The van der Waals surface area contributed by atoms with Crippen molar-refractivity contribution in [1.82, 2.24) is 0 Å². The third-order valence-corrected chi connectivity index (χ3v) is 11.5. The Balaban J connectivity index is 1.30. The molecule has 0 unspecified atom stereocenters. The van der Waals surface area contributed by atoms with Crippen LogP contribution in [0.5, 0.6) is 0 Å². The summed E-state index contributed by atoms with van der Waals surface area (Å²) in [5, 5.41) is 0. The summed E-state index contributed by atoms with van der Waals surface area (Å²) in [6.07, 6.45) is 8.83. The van der Waals surface area contributed by atoms with E-state index in [2.05, 4.69) is 27.7 Å². The van der Waals surface area contributed by atoms with E-state index in [4.69, 9.17) is 14.2 Å². The summed E-state index contributed by atoms with van der Waals surface area (Å²) in [4.78, 5) is 36.8. The Morgan fingerprint density at radius 3 is 2.54 bits per heavy atom. The van der Waals surface area contributed by atoms with E-state index in [1.165, 1.54) is 32.3 Å². The van der Waals surface area contributed by atoms with E-state index in [9.17, 15) is 14.4 Å². The van der Waals surface area contributed by atoms with Gasteiger partial charge in [-0.05, 0) is 92.4 Å². The molecule has 5 aliphatic rings. The van der Waals surface area contributed by atoms with Crippen LogP contribution in [-0.2, 0) is 28.6 Å². The number of ketones is 1. The van der Waals surface area contributed by atoms with E-state index in [1.54, 1.807) is 0 Å². The highest BCUT2D eigenvalue weighted by molar-refractivity contribution is 5.87. The van der Waals surface area contributed by atoms with Gasteiger partial charge in [0.25, 0.3) is 0 Å². The zero-order chi connectivity index (χ0) is 26.7. The van der Waals surface area contributed by atoms with E-state index >= 15 is 0 Å². The monoisotopic (exact) mass is 514 g/mol. The molecule has 0 saturated heterocycles. The van der Waals surface area contributed by atoms with Gasteiger partial charge in [0, 0.05) is 38.0 Å². The molecule has 6 heteroatoms. The average Bonchev–Trinajstić information content (AvgIpc) is 3.31. The third kappa shape index (κ3) is 4.44. The first-order valence-corrected chi connectivity index (χ1v) is 14.6. The van der Waals surface area contributed by atoms with Crippen molar-refractivity contribution in [2.24, 2.45) is 46.3 Å². The number of rotatable bonds is 6. The van der Waals surface area contributed by atoms with Gasteiger partial charge in [0.15, 0.2) is 0 Å². The van der Waals surface area contributed by atoms with Crippen LogP contribution >= 0.6 is 0 Å². The number of esters is 2. The molecule has 4 saturated carbocycles. The van der Waals surface area contributed by atoms with Crippen LogP contribution in [-0.4, -0.2) is 36.5 Å². The maximum atomic E-state index is 14.1. The van der Waals surface area contributed by atoms with Crippen LogP contribution in [0.4, 0.5) is 0 Å². The molecule has 0 aromatic rings. The molecule has 0 N–H and O–H groups in total. The van der Waals surface area contributed by atoms with Gasteiger partial charge in [0.2, 0.25) is 0 Å². The Labute approximate surface area is 222 Å². The standard InChI is InChI=1S/C31H46O6/c1-17(16-35-19(3)32)7-10-26-18(2)29-27(37-26)14-25-23-9-8-21-13-22(36-20(4)33)11-12-30(21,5)24(23)15-28(34)31(25,29)6/h17,21-25,27,29H,7-16H2,1-6H3/t17-,21+,22-,23-,24-,25-,27+,29-,30+,31-/m1/s1. The van der Waals surface area contributed by atoms with Crippen LogP contribution in [0.25, 0.3) is 0 Å². The molecule has 0 amide bonds. The van der Waals surface area contributed by atoms with Crippen molar-refractivity contribution in [2.75, 3.05) is 6.61 Å². The second-order valence-corrected chi connectivity index (χ2v) is 13.5. The van der Waals surface area contributed by atoms with Crippen molar-refractivity contribution >= 4 is 17.7 Å². The summed E-state index contributed by atoms with van der Waals surface area (Å²) >= 11 is 0. The summed E-state index contributed by atoms with van der Waals surface area (Å²) in [7, 11) is 0. The molecule has 37 heavy (non-hydrogen) atoms. The molecule has 0 spiro atoms. The molecular formula is C31H46O6. The van der Waals surface area contributed by atoms with Crippen LogP contribution in [0, 0.1) is 46.3 Å². The molecule has 5 rings (SSSR count). The van der Waals surface area contributed by atoms with Gasteiger partial charge >= 0.3 is 11.9 Å². The van der Waals surface area contributed by atoms with Crippen molar-refractivity contribution in [3.8, 4) is 0 Å². The minimum absolute atomic E-state index is 0.0406. The van der Waals surface area contributed by atoms with E-state index in [1.807, 2.05) is 0 Å². The summed E-state index contributed by atoms with van der Waals surface area (Å²) in [6.45, 7) is 12.4. The van der Waals surface area contributed by atoms with Crippen molar-refractivity contribution < 1.29 is 28.6 Å². The van der Waals surface area contributed by atoms with Gasteiger partial charge in [0.1, 0.15) is 18.0 Å². The SMILES string of the molecule is CC(=O)OC[C@H](C)CCC1=C(C)[C@@H]2[C@H](C[C@@H]3[C@@H]4CC[C@H]5C[C@H](OC(C)=O)CC[C@]5(C)[C@@H]4CC(=O)[C@@]32C)O1. The first-order chi connectivity index (χ1) is 17.4. The number of ether oxygens (including phenoxy) is 3. The molecule has 0 radical (unpaired) electrons. The summed E-state index contributed by atoms with van der Waals surface area (Å²) in [5.41, 5.74) is 1.10. The largest absolute Gasteiger partial charge is 0.494 e. The number of carbonyl (C=O) groups is 3. The molecule has 206 valence electrons. The Bertz CT molecular complexity index is 984. The highest BCUT2D eigenvalue weighted by atomic mass is 16.5. The molecular weight excluding hydrogens is 468 g/mol. The predicted octanol–water partition coefficient (Wildman–Crippen LogP) is 6.02. The normalized spacial score (nSPS) is 43.2. The van der Waals surface area contributed by atoms with Crippen LogP contribution in [0.15, 0.2) is 11.3 Å². The number of hydrogen-bond acceptors (Lipinski definition) is 6. The van der Waals surface area contributed by atoms with Crippen LogP contribution < -0.4 is 0 Å². The lowest BCUT2D eigenvalue weighted by molar-refractivity contribution is -0.165. The average molecular weight is 515 g/mol. The zero-order valence-corrected chi connectivity index (χ0v) is 23.6. The fourth-order valence-electron chi connectivity index (χ4n) is 9.55. The first kappa shape index (κ1) is 26.7. The second kappa shape index (κ2) is 9.72. The Kier molecular flexibility index (Phi) is 7.02. The lowest BCUT2D eigenvalue weighted by Crippen LogP contribution is -2.57. The van der Waals surface area contributed by atoms with Crippen LogP contribution in [0.1, 0.15) is 99.3 Å². The van der Waals surface area contributed by atoms with Gasteiger partial charge in [-0.25, -0.2) is 0 Å². The van der Waals surface area contributed by atoms with Gasteiger partial charge in [-0.3, -0.25) is 14.4 Å². The van der Waals surface area contributed by atoms with Gasteiger partial charge in [-0.2, -0.15) is 0 Å². The van der Waals surface area contributed by atoms with Crippen LogP contribution in [0.3, 0.4) is 0 Å². The molecule has 6 nitrogen and oxygen atoms in total. The van der Waals surface area contributed by atoms with E-state index in [0.717, 1.165) is 44.3 Å². The number of fused-ring (bicyclic) bond motifs is 7. The maximum absolute atomic E-state index is 14.1. The van der Waals surface area contributed by atoms with E-state index in [-0.39, 0.29) is 46.8 Å². The molecule has 0 aromatic carbocycles. The third-order valence-electron chi connectivity index (χ3n) is 11.5. The minimum atomic E-state index is -0.334. The van der Waals surface area contributed by atoms with Gasteiger partial charge in [-0.1, -0.05) is 20.8 Å². The topological polar surface area (TPSA) is 78.9 Å². The van der Waals surface area contributed by atoms with E-state index in [0.29, 0.717) is 42.5 Å². The van der Waals surface area contributed by atoms with Gasteiger partial charge < -0.3 is 14.2 Å². The Morgan fingerprint density at radius 1 is 1.08 bits per heavy atom. The molecule has 0 aromatic heterocycles. The van der Waals surface area contributed by atoms with E-state index < -0.39 is 0 Å². The summed E-state index contributed by atoms with van der Waals surface area (Å²) < 4.78 is 17.4. The fourth-order valence-corrected chi connectivity index (χ4v) is 9.55. The van der Waals surface area contributed by atoms with Gasteiger partial charge in [0.05, 0.1) is 12.4 Å². The maximum Gasteiger partial charge on any atom is 0.302 e.